The Hall–Kier alpha value is -1.26. The molecule has 1 aliphatic heterocycles. The van der Waals surface area contributed by atoms with Gasteiger partial charge in [0.15, 0.2) is 0 Å². The molecule has 1 amide bonds. The number of carbonyl (C=O) groups excluding carboxylic acids is 1. The molecule has 0 saturated carbocycles. The Labute approximate surface area is 133 Å². The molecule has 1 aromatic rings. The lowest BCUT2D eigenvalue weighted by molar-refractivity contribution is -0.131. The predicted molar refractivity (Wildman–Crippen MR) is 86.9 cm³/mol. The number of benzene rings is 1. The molecular weight excluding hydrogens is 288 g/mol. The molecule has 5 heteroatoms. The van der Waals surface area contributed by atoms with Crippen LogP contribution >= 0.6 is 12.4 Å². The standard InChI is InChI=1S/C16H24N2O2.ClH/c1-18(12-14-5-3-4-6-15(14)20-2)16(19)11-13-7-9-17-10-8-13;/h3-6,13,17H,7-12H2,1-2H3;1H. The van der Waals surface area contributed by atoms with Crippen LogP contribution in [0.2, 0.25) is 0 Å². The Bertz CT molecular complexity index is 448. The Balaban J connectivity index is 0.00000220. The van der Waals surface area contributed by atoms with Crippen molar-refractivity contribution >= 4 is 18.3 Å². The number of methoxy groups -OCH3 is 1. The minimum atomic E-state index is 0. The van der Waals surface area contributed by atoms with Gasteiger partial charge in [0.2, 0.25) is 5.91 Å². The number of piperidine rings is 1. The second kappa shape index (κ2) is 8.90. The molecule has 0 aromatic heterocycles. The van der Waals surface area contributed by atoms with Crippen LogP contribution in [-0.2, 0) is 11.3 Å². The summed E-state index contributed by atoms with van der Waals surface area (Å²) in [7, 11) is 3.53. The number of hydrogen-bond acceptors (Lipinski definition) is 3. The van der Waals surface area contributed by atoms with Gasteiger partial charge in [-0.15, -0.1) is 12.4 Å². The van der Waals surface area contributed by atoms with Gasteiger partial charge in [-0.1, -0.05) is 18.2 Å². The SMILES string of the molecule is COc1ccccc1CN(C)C(=O)CC1CCNCC1.Cl. The van der Waals surface area contributed by atoms with Gasteiger partial charge in [0.05, 0.1) is 7.11 Å². The van der Waals surface area contributed by atoms with Crippen LogP contribution in [0.3, 0.4) is 0 Å². The van der Waals surface area contributed by atoms with Crippen molar-refractivity contribution in [2.24, 2.45) is 5.92 Å². The second-order valence-electron chi connectivity index (χ2n) is 5.46. The quantitative estimate of drug-likeness (QED) is 0.908. The van der Waals surface area contributed by atoms with Crippen LogP contribution in [0.4, 0.5) is 0 Å². The summed E-state index contributed by atoms with van der Waals surface area (Å²) in [5, 5.41) is 3.33. The molecule has 1 aromatic carbocycles. The van der Waals surface area contributed by atoms with E-state index in [1.54, 1.807) is 12.0 Å². The van der Waals surface area contributed by atoms with Gasteiger partial charge in [-0.25, -0.2) is 0 Å². The summed E-state index contributed by atoms with van der Waals surface area (Å²) < 4.78 is 5.33. The molecule has 1 aliphatic rings. The summed E-state index contributed by atoms with van der Waals surface area (Å²) in [5.74, 6) is 1.60. The summed E-state index contributed by atoms with van der Waals surface area (Å²) in [5.41, 5.74) is 1.05. The first kappa shape index (κ1) is 17.8. The zero-order chi connectivity index (χ0) is 14.4. The van der Waals surface area contributed by atoms with Crippen LogP contribution in [0.25, 0.3) is 0 Å². The van der Waals surface area contributed by atoms with E-state index in [4.69, 9.17) is 4.74 Å². The highest BCUT2D eigenvalue weighted by molar-refractivity contribution is 5.85. The maximum absolute atomic E-state index is 12.3. The molecule has 1 fully saturated rings. The lowest BCUT2D eigenvalue weighted by Gasteiger charge is -2.25. The number of nitrogens with one attached hydrogen (secondary N) is 1. The first-order chi connectivity index (χ1) is 9.70. The number of halogens is 1. The van der Waals surface area contributed by atoms with Gasteiger partial charge in [0, 0.05) is 25.6 Å². The molecule has 1 heterocycles. The highest BCUT2D eigenvalue weighted by Crippen LogP contribution is 2.21. The van der Waals surface area contributed by atoms with Gasteiger partial charge < -0.3 is 15.0 Å². The first-order valence-corrected chi connectivity index (χ1v) is 7.27. The predicted octanol–water partition coefficient (Wildman–Crippen LogP) is 2.47. The van der Waals surface area contributed by atoms with Crippen molar-refractivity contribution in [2.45, 2.75) is 25.8 Å². The fraction of sp³-hybridized carbons (Fsp3) is 0.562. The number of rotatable bonds is 5. The number of ether oxygens (including phenoxy) is 1. The van der Waals surface area contributed by atoms with Crippen LogP contribution in [0.1, 0.15) is 24.8 Å². The number of nitrogens with zero attached hydrogens (tertiary/aromatic N) is 1. The van der Waals surface area contributed by atoms with Gasteiger partial charge in [-0.05, 0) is 37.9 Å². The monoisotopic (exact) mass is 312 g/mol. The molecule has 4 nitrogen and oxygen atoms in total. The molecule has 0 spiro atoms. The smallest absolute Gasteiger partial charge is 0.222 e. The van der Waals surface area contributed by atoms with E-state index in [9.17, 15) is 4.79 Å². The highest BCUT2D eigenvalue weighted by Gasteiger charge is 2.19. The Kier molecular flexibility index (Phi) is 7.54. The average molecular weight is 313 g/mol. The van der Waals surface area contributed by atoms with Crippen molar-refractivity contribution < 1.29 is 9.53 Å². The second-order valence-corrected chi connectivity index (χ2v) is 5.46. The van der Waals surface area contributed by atoms with E-state index >= 15 is 0 Å². The van der Waals surface area contributed by atoms with Crippen molar-refractivity contribution in [3.63, 3.8) is 0 Å². The van der Waals surface area contributed by atoms with Gasteiger partial charge in [-0.2, -0.15) is 0 Å². The molecule has 0 aliphatic carbocycles. The third-order valence-electron chi connectivity index (χ3n) is 3.95. The number of carbonyl (C=O) groups is 1. The van der Waals surface area contributed by atoms with Crippen molar-refractivity contribution in [1.82, 2.24) is 10.2 Å². The number of hydrogen-bond donors (Lipinski definition) is 1. The van der Waals surface area contributed by atoms with E-state index in [1.807, 2.05) is 31.3 Å². The molecule has 0 radical (unpaired) electrons. The topological polar surface area (TPSA) is 41.6 Å². The maximum atomic E-state index is 12.3. The number of para-hydroxylation sites is 1. The minimum absolute atomic E-state index is 0. The Morgan fingerprint density at radius 2 is 2.00 bits per heavy atom. The van der Waals surface area contributed by atoms with Crippen molar-refractivity contribution in [2.75, 3.05) is 27.2 Å². The summed E-state index contributed by atoms with van der Waals surface area (Å²) in [6.45, 7) is 2.68. The van der Waals surface area contributed by atoms with Crippen molar-refractivity contribution in [3.05, 3.63) is 29.8 Å². The summed E-state index contributed by atoms with van der Waals surface area (Å²) in [4.78, 5) is 14.1. The minimum Gasteiger partial charge on any atom is -0.496 e. The fourth-order valence-corrected chi connectivity index (χ4v) is 2.67. The molecule has 2 rings (SSSR count). The van der Waals surface area contributed by atoms with Crippen LogP contribution in [0.5, 0.6) is 5.75 Å². The lowest BCUT2D eigenvalue weighted by Crippen LogP contribution is -2.33. The van der Waals surface area contributed by atoms with Gasteiger partial charge in [0.1, 0.15) is 5.75 Å². The maximum Gasteiger partial charge on any atom is 0.222 e. The molecular formula is C16H25ClN2O2. The molecule has 0 unspecified atom stereocenters. The van der Waals surface area contributed by atoms with E-state index in [-0.39, 0.29) is 18.3 Å². The molecule has 118 valence electrons. The molecule has 0 bridgehead atoms. The van der Waals surface area contributed by atoms with E-state index in [0.29, 0.717) is 18.9 Å². The fourth-order valence-electron chi connectivity index (χ4n) is 2.67. The van der Waals surface area contributed by atoms with Crippen LogP contribution in [-0.4, -0.2) is 38.1 Å². The molecule has 1 N–H and O–H groups in total. The Morgan fingerprint density at radius 1 is 1.33 bits per heavy atom. The Morgan fingerprint density at radius 3 is 2.67 bits per heavy atom. The zero-order valence-electron chi connectivity index (χ0n) is 12.8. The van der Waals surface area contributed by atoms with Gasteiger partial charge in [-0.3, -0.25) is 4.79 Å². The van der Waals surface area contributed by atoms with E-state index < -0.39 is 0 Å². The van der Waals surface area contributed by atoms with E-state index in [0.717, 1.165) is 37.2 Å². The van der Waals surface area contributed by atoms with E-state index in [1.165, 1.54) is 0 Å². The summed E-state index contributed by atoms with van der Waals surface area (Å²) in [6, 6.07) is 7.86. The van der Waals surface area contributed by atoms with E-state index in [2.05, 4.69) is 5.32 Å². The molecule has 1 saturated heterocycles. The summed E-state index contributed by atoms with van der Waals surface area (Å²) >= 11 is 0. The third-order valence-corrected chi connectivity index (χ3v) is 3.95. The third kappa shape index (κ3) is 5.21. The molecule has 21 heavy (non-hydrogen) atoms. The van der Waals surface area contributed by atoms with Crippen LogP contribution < -0.4 is 10.1 Å². The first-order valence-electron chi connectivity index (χ1n) is 7.27. The van der Waals surface area contributed by atoms with Gasteiger partial charge >= 0.3 is 0 Å². The normalized spacial score (nSPS) is 15.1. The van der Waals surface area contributed by atoms with Crippen molar-refractivity contribution in [1.29, 1.82) is 0 Å². The summed E-state index contributed by atoms with van der Waals surface area (Å²) in [6.07, 6.45) is 2.87. The lowest BCUT2D eigenvalue weighted by atomic mass is 9.94. The molecule has 0 atom stereocenters. The average Bonchev–Trinajstić information content (AvgIpc) is 2.48. The van der Waals surface area contributed by atoms with Crippen molar-refractivity contribution in [3.8, 4) is 5.75 Å². The highest BCUT2D eigenvalue weighted by atomic mass is 35.5. The number of amides is 1. The largest absolute Gasteiger partial charge is 0.496 e. The van der Waals surface area contributed by atoms with Gasteiger partial charge in [0.25, 0.3) is 0 Å². The van der Waals surface area contributed by atoms with Crippen LogP contribution in [0, 0.1) is 5.92 Å². The van der Waals surface area contributed by atoms with Crippen LogP contribution in [0.15, 0.2) is 24.3 Å². The zero-order valence-corrected chi connectivity index (χ0v) is 13.6.